The summed E-state index contributed by atoms with van der Waals surface area (Å²) < 4.78 is 26.6. The number of nitrogens with one attached hydrogen (secondary N) is 1. The van der Waals surface area contributed by atoms with Crippen molar-refractivity contribution in [1.82, 2.24) is 9.78 Å². The van der Waals surface area contributed by atoms with E-state index in [4.69, 9.17) is 17.3 Å². The quantitative estimate of drug-likeness (QED) is 0.814. The molecule has 4 rings (SSSR count). The van der Waals surface area contributed by atoms with Crippen LogP contribution in [0.15, 0.2) is 18.2 Å². The van der Waals surface area contributed by atoms with Crippen molar-refractivity contribution in [1.29, 1.82) is 0 Å². The van der Waals surface area contributed by atoms with E-state index < -0.39 is 16.6 Å². The summed E-state index contributed by atoms with van der Waals surface area (Å²) in [6, 6.07) is 4.00. The average Bonchev–Trinajstić information content (AvgIpc) is 3.22. The highest BCUT2D eigenvalue weighted by Crippen LogP contribution is 2.47. The number of nitrogens with two attached hydrogens (primary N) is 1. The third-order valence-corrected chi connectivity index (χ3v) is 7.44. The van der Waals surface area contributed by atoms with Crippen molar-refractivity contribution in [2.45, 2.75) is 18.8 Å². The molecule has 27 heavy (non-hydrogen) atoms. The normalized spacial score (nSPS) is 26.9. The maximum absolute atomic E-state index is 13.3. The van der Waals surface area contributed by atoms with Crippen LogP contribution in [0.2, 0.25) is 5.02 Å². The van der Waals surface area contributed by atoms with E-state index in [0.29, 0.717) is 28.8 Å². The number of benzene rings is 1. The van der Waals surface area contributed by atoms with Gasteiger partial charge in [-0.2, -0.15) is 5.10 Å². The number of amides is 1. The van der Waals surface area contributed by atoms with Gasteiger partial charge in [0.1, 0.15) is 17.2 Å². The molecule has 0 radical (unpaired) electrons. The number of nitrogens with zero attached hydrogens (tertiary/aromatic N) is 2. The van der Waals surface area contributed by atoms with Crippen molar-refractivity contribution in [2.75, 3.05) is 22.6 Å². The van der Waals surface area contributed by atoms with Gasteiger partial charge in [-0.15, -0.1) is 0 Å². The first kappa shape index (κ1) is 18.4. The third-order valence-electron chi connectivity index (χ3n) is 5.55. The van der Waals surface area contributed by atoms with E-state index in [1.165, 1.54) is 22.9 Å². The lowest BCUT2D eigenvalue weighted by molar-refractivity contribution is 0.102. The number of hydrogen-bond acceptors (Lipinski definition) is 4. The fourth-order valence-corrected chi connectivity index (χ4v) is 6.32. The summed E-state index contributed by atoms with van der Waals surface area (Å²) in [5.41, 5.74) is 7.54. The highest BCUT2D eigenvalue weighted by atomic mass is 35.5. The van der Waals surface area contributed by atoms with E-state index in [2.05, 4.69) is 10.4 Å². The molecule has 2 atom stereocenters. The van der Waals surface area contributed by atoms with Gasteiger partial charge in [-0.3, -0.25) is 13.7 Å². The molecule has 1 aliphatic carbocycles. The molecule has 9 heteroatoms. The van der Waals surface area contributed by atoms with Crippen LogP contribution >= 0.6 is 11.6 Å². The number of aromatic nitrogens is 2. The van der Waals surface area contributed by atoms with Crippen LogP contribution < -0.4 is 11.1 Å². The summed E-state index contributed by atoms with van der Waals surface area (Å²) in [4.78, 5) is 12.9. The Morgan fingerprint density at radius 3 is 2.67 bits per heavy atom. The molecule has 2 fully saturated rings. The molecule has 2 aliphatic rings. The fourth-order valence-electron chi connectivity index (χ4n) is 4.23. The minimum absolute atomic E-state index is 0.0659. The molecule has 1 saturated carbocycles. The monoisotopic (exact) mass is 410 g/mol. The Labute approximate surface area is 163 Å². The first-order valence-corrected chi connectivity index (χ1v) is 10.6. The van der Waals surface area contributed by atoms with E-state index in [1.807, 2.05) is 0 Å². The van der Waals surface area contributed by atoms with Crippen molar-refractivity contribution in [3.63, 3.8) is 0 Å². The van der Waals surface area contributed by atoms with Gasteiger partial charge in [0.2, 0.25) is 0 Å². The SMILES string of the molecule is Cn1nc(C2CC3CS(=O)CC3C2)c(C(=O)Nc2ccc(F)c(Cl)c2)c1N. The largest absolute Gasteiger partial charge is 0.383 e. The maximum Gasteiger partial charge on any atom is 0.261 e. The Kier molecular flexibility index (Phi) is 4.71. The topological polar surface area (TPSA) is 90.0 Å². The molecule has 2 aromatic rings. The van der Waals surface area contributed by atoms with Gasteiger partial charge in [-0.05, 0) is 42.9 Å². The molecular formula is C18H20ClFN4O2S. The molecule has 1 aliphatic heterocycles. The minimum Gasteiger partial charge on any atom is -0.383 e. The highest BCUT2D eigenvalue weighted by molar-refractivity contribution is 7.85. The molecule has 1 aromatic carbocycles. The van der Waals surface area contributed by atoms with Crippen molar-refractivity contribution < 1.29 is 13.4 Å². The predicted octanol–water partition coefficient (Wildman–Crippen LogP) is 2.92. The van der Waals surface area contributed by atoms with Crippen molar-refractivity contribution in [3.05, 3.63) is 40.3 Å². The van der Waals surface area contributed by atoms with Gasteiger partial charge in [-0.25, -0.2) is 4.39 Å². The number of carbonyl (C=O) groups excluding carboxylic acids is 1. The van der Waals surface area contributed by atoms with E-state index in [1.54, 1.807) is 7.05 Å². The van der Waals surface area contributed by atoms with Gasteiger partial charge in [0.05, 0.1) is 10.7 Å². The minimum atomic E-state index is -0.720. The average molecular weight is 411 g/mol. The highest BCUT2D eigenvalue weighted by Gasteiger charge is 2.43. The molecule has 2 unspecified atom stereocenters. The molecule has 1 aromatic heterocycles. The smallest absolute Gasteiger partial charge is 0.261 e. The van der Waals surface area contributed by atoms with Crippen LogP contribution in [0.3, 0.4) is 0 Å². The van der Waals surface area contributed by atoms with Gasteiger partial charge in [0.15, 0.2) is 0 Å². The van der Waals surface area contributed by atoms with Crippen LogP contribution in [-0.4, -0.2) is 31.4 Å². The number of hydrogen-bond donors (Lipinski definition) is 2. The second-order valence-electron chi connectivity index (χ2n) is 7.31. The van der Waals surface area contributed by atoms with E-state index >= 15 is 0 Å². The van der Waals surface area contributed by atoms with Gasteiger partial charge < -0.3 is 11.1 Å². The summed E-state index contributed by atoms with van der Waals surface area (Å²) >= 11 is 5.79. The first-order valence-electron chi connectivity index (χ1n) is 8.77. The molecule has 144 valence electrons. The number of halogens is 2. The number of rotatable bonds is 3. The molecule has 0 bridgehead atoms. The molecule has 0 spiro atoms. The standard InChI is InChI=1S/C18H20ClFN4O2S/c1-24-17(21)15(18(25)22-12-2-3-14(20)13(19)6-12)16(23-24)9-4-10-7-27(26)8-11(10)5-9/h2-3,6,9-11H,4-5,7-8,21H2,1H3,(H,22,25). The van der Waals surface area contributed by atoms with Gasteiger partial charge in [0, 0.05) is 41.0 Å². The Morgan fingerprint density at radius 2 is 2.04 bits per heavy atom. The lowest BCUT2D eigenvalue weighted by Gasteiger charge is -2.12. The van der Waals surface area contributed by atoms with Crippen molar-refractivity contribution in [2.24, 2.45) is 18.9 Å². The summed E-state index contributed by atoms with van der Waals surface area (Å²) in [7, 11) is 0.984. The Balaban J connectivity index is 1.60. The summed E-state index contributed by atoms with van der Waals surface area (Å²) in [6.45, 7) is 0. The number of anilines is 2. The molecule has 2 heterocycles. The number of aryl methyl sites for hydroxylation is 1. The van der Waals surface area contributed by atoms with Crippen LogP contribution in [0.5, 0.6) is 0 Å². The summed E-state index contributed by atoms with van der Waals surface area (Å²) in [5, 5.41) is 7.17. The second-order valence-corrected chi connectivity index (χ2v) is 9.27. The Morgan fingerprint density at radius 1 is 1.37 bits per heavy atom. The van der Waals surface area contributed by atoms with E-state index in [-0.39, 0.29) is 22.7 Å². The van der Waals surface area contributed by atoms with Crippen molar-refractivity contribution >= 4 is 39.8 Å². The third kappa shape index (κ3) is 3.36. The van der Waals surface area contributed by atoms with Crippen LogP contribution in [0.1, 0.15) is 34.8 Å². The van der Waals surface area contributed by atoms with Crippen LogP contribution in [0.4, 0.5) is 15.9 Å². The fraction of sp³-hybridized carbons (Fsp3) is 0.444. The van der Waals surface area contributed by atoms with Crippen LogP contribution in [0, 0.1) is 17.7 Å². The lowest BCUT2D eigenvalue weighted by Crippen LogP contribution is -2.16. The van der Waals surface area contributed by atoms with E-state index in [0.717, 1.165) is 24.3 Å². The molecule has 1 saturated heterocycles. The first-order chi connectivity index (χ1) is 12.8. The molecule has 6 nitrogen and oxygen atoms in total. The van der Waals surface area contributed by atoms with Crippen LogP contribution in [-0.2, 0) is 17.8 Å². The number of fused-ring (bicyclic) bond motifs is 1. The Hall–Kier alpha value is -1.93. The molecule has 3 N–H and O–H groups in total. The Bertz CT molecular complexity index is 932. The summed E-state index contributed by atoms with van der Waals surface area (Å²) in [5.74, 6) is 1.79. The maximum atomic E-state index is 13.3. The van der Waals surface area contributed by atoms with Gasteiger partial charge >= 0.3 is 0 Å². The summed E-state index contributed by atoms with van der Waals surface area (Å²) in [6.07, 6.45) is 1.74. The lowest BCUT2D eigenvalue weighted by atomic mass is 9.98. The zero-order valence-electron chi connectivity index (χ0n) is 14.7. The van der Waals surface area contributed by atoms with E-state index in [9.17, 15) is 13.4 Å². The van der Waals surface area contributed by atoms with Crippen LogP contribution in [0.25, 0.3) is 0 Å². The number of nitrogen functional groups attached to an aromatic ring is 1. The van der Waals surface area contributed by atoms with Gasteiger partial charge in [-0.1, -0.05) is 11.6 Å². The zero-order valence-corrected chi connectivity index (χ0v) is 16.3. The predicted molar refractivity (Wildman–Crippen MR) is 104 cm³/mol. The van der Waals surface area contributed by atoms with Gasteiger partial charge in [0.25, 0.3) is 5.91 Å². The number of carbonyl (C=O) groups is 1. The molecule has 1 amide bonds. The zero-order chi connectivity index (χ0) is 19.3. The second kappa shape index (κ2) is 6.91. The molecular weight excluding hydrogens is 391 g/mol. The van der Waals surface area contributed by atoms with Crippen molar-refractivity contribution in [3.8, 4) is 0 Å².